The van der Waals surface area contributed by atoms with E-state index in [0.717, 1.165) is 48.8 Å². The van der Waals surface area contributed by atoms with Crippen LogP contribution in [0.1, 0.15) is 49.3 Å². The summed E-state index contributed by atoms with van der Waals surface area (Å²) in [7, 11) is 0. The van der Waals surface area contributed by atoms with Crippen LogP contribution in [0, 0.1) is 0 Å². The number of carbonyl (C=O) groups excluding carboxylic acids is 1. The van der Waals surface area contributed by atoms with Crippen LogP contribution in [0.3, 0.4) is 0 Å². The van der Waals surface area contributed by atoms with E-state index >= 15 is 0 Å². The van der Waals surface area contributed by atoms with Crippen molar-refractivity contribution in [2.24, 2.45) is 0 Å². The van der Waals surface area contributed by atoms with Crippen molar-refractivity contribution in [3.8, 4) is 0 Å². The molecule has 1 aromatic carbocycles. The molecule has 0 bridgehead atoms. The molecular formula is C23H14F9N3O5. The van der Waals surface area contributed by atoms with Gasteiger partial charge >= 0.3 is 30.5 Å². The van der Waals surface area contributed by atoms with Gasteiger partial charge in [-0.05, 0) is 42.0 Å². The van der Waals surface area contributed by atoms with Gasteiger partial charge in [0.2, 0.25) is 0 Å². The van der Waals surface area contributed by atoms with Crippen molar-refractivity contribution in [1.82, 2.24) is 15.3 Å². The van der Waals surface area contributed by atoms with Crippen LogP contribution in [0.4, 0.5) is 39.5 Å². The zero-order valence-electron chi connectivity index (χ0n) is 19.3. The lowest BCUT2D eigenvalue weighted by Crippen LogP contribution is -2.32. The third-order valence-corrected chi connectivity index (χ3v) is 4.75. The Bertz CT molecular complexity index is 1350. The van der Waals surface area contributed by atoms with Gasteiger partial charge in [-0.2, -0.15) is 39.5 Å². The number of aliphatic carboxylic acids is 1. The number of rotatable bonds is 5. The van der Waals surface area contributed by atoms with Crippen LogP contribution in [0.25, 0.3) is 0 Å². The van der Waals surface area contributed by atoms with Gasteiger partial charge in [0.1, 0.15) is 5.69 Å². The second-order valence-electron chi connectivity index (χ2n) is 7.50. The van der Waals surface area contributed by atoms with Gasteiger partial charge in [-0.3, -0.25) is 9.78 Å². The Hall–Kier alpha value is -4.70. The molecule has 3 rings (SSSR count). The topological polar surface area (TPSA) is 129 Å². The Morgan fingerprint density at radius 2 is 1.35 bits per heavy atom. The lowest BCUT2D eigenvalue weighted by Gasteiger charge is -2.23. The molecule has 1 amide bonds. The van der Waals surface area contributed by atoms with E-state index in [1.54, 1.807) is 0 Å². The summed E-state index contributed by atoms with van der Waals surface area (Å²) in [4.78, 5) is 39.8. The molecule has 2 heterocycles. The minimum atomic E-state index is -5.08. The normalized spacial score (nSPS) is 12.5. The summed E-state index contributed by atoms with van der Waals surface area (Å²) in [6.07, 6.45) is -12.6. The third-order valence-electron chi connectivity index (χ3n) is 4.75. The van der Waals surface area contributed by atoms with E-state index in [0.29, 0.717) is 12.1 Å². The van der Waals surface area contributed by atoms with E-state index in [9.17, 15) is 49.1 Å². The maximum Gasteiger partial charge on any atom is 0.490 e. The molecule has 3 aromatic rings. The molecule has 0 unspecified atom stereocenters. The molecular weight excluding hydrogens is 569 g/mol. The number of alkyl halides is 9. The maximum absolute atomic E-state index is 13.6. The number of hydrogen-bond acceptors (Lipinski definition) is 5. The number of carbonyl (C=O) groups is 3. The summed E-state index contributed by atoms with van der Waals surface area (Å²) in [5.41, 5.74) is -3.48. The van der Waals surface area contributed by atoms with Gasteiger partial charge in [-0.1, -0.05) is 12.1 Å². The number of nitrogens with zero attached hydrogens (tertiary/aromatic N) is 2. The number of amides is 1. The maximum atomic E-state index is 13.6. The number of benzene rings is 1. The number of aromatic nitrogens is 2. The van der Waals surface area contributed by atoms with Crippen molar-refractivity contribution in [3.63, 3.8) is 0 Å². The van der Waals surface area contributed by atoms with Crippen molar-refractivity contribution >= 4 is 17.8 Å². The van der Waals surface area contributed by atoms with Gasteiger partial charge in [0.25, 0.3) is 5.91 Å². The van der Waals surface area contributed by atoms with E-state index in [4.69, 9.17) is 15.0 Å². The standard InChI is InChI=1S/C21H13F6N3O3.C2HF3O2/c22-20(23,24)13-6-3-11(4-7-13)16(17-14(21(25,26)27)2-1-9-28-17)30-18(31)12-5-8-15(19(32)33)29-10-12;3-2(4,5)1(6)7/h1-10,16H,(H,30,31)(H,32,33);(H,6,7)/t16-;/m0./s1. The molecule has 3 N–H and O–H groups in total. The second-order valence-corrected chi connectivity index (χ2v) is 7.50. The van der Waals surface area contributed by atoms with Crippen molar-refractivity contribution in [2.75, 3.05) is 0 Å². The average molecular weight is 583 g/mol. The zero-order chi connectivity index (χ0) is 30.5. The van der Waals surface area contributed by atoms with E-state index in [-0.39, 0.29) is 16.8 Å². The molecule has 0 aliphatic rings. The summed E-state index contributed by atoms with van der Waals surface area (Å²) in [6, 6.07) is 5.54. The van der Waals surface area contributed by atoms with Gasteiger partial charge < -0.3 is 15.5 Å². The van der Waals surface area contributed by atoms with E-state index in [2.05, 4.69) is 15.3 Å². The highest BCUT2D eigenvalue weighted by molar-refractivity contribution is 5.95. The van der Waals surface area contributed by atoms with E-state index in [1.165, 1.54) is 0 Å². The summed E-state index contributed by atoms with van der Waals surface area (Å²) < 4.78 is 111. The fraction of sp³-hybridized carbons (Fsp3) is 0.174. The molecule has 2 aromatic heterocycles. The van der Waals surface area contributed by atoms with Crippen molar-refractivity contribution in [1.29, 1.82) is 0 Å². The molecule has 17 heteroatoms. The fourth-order valence-corrected chi connectivity index (χ4v) is 2.93. The first-order chi connectivity index (χ1) is 18.3. The van der Waals surface area contributed by atoms with Gasteiger partial charge in [-0.15, -0.1) is 0 Å². The number of halogens is 9. The molecule has 0 fully saturated rings. The Labute approximate surface area is 217 Å². The number of aromatic carboxylic acids is 1. The minimum absolute atomic E-state index is 0.0873. The monoisotopic (exact) mass is 583 g/mol. The summed E-state index contributed by atoms with van der Waals surface area (Å²) in [6.45, 7) is 0. The Kier molecular flexibility index (Phi) is 9.45. The van der Waals surface area contributed by atoms with Gasteiger partial charge in [0.15, 0.2) is 0 Å². The third kappa shape index (κ3) is 8.40. The molecule has 8 nitrogen and oxygen atoms in total. The van der Waals surface area contributed by atoms with Crippen molar-refractivity contribution in [2.45, 2.75) is 24.6 Å². The van der Waals surface area contributed by atoms with E-state index < -0.39 is 59.2 Å². The highest BCUT2D eigenvalue weighted by Gasteiger charge is 2.39. The molecule has 1 atom stereocenters. The Morgan fingerprint density at radius 3 is 1.77 bits per heavy atom. The van der Waals surface area contributed by atoms with Crippen LogP contribution in [0.5, 0.6) is 0 Å². The van der Waals surface area contributed by atoms with Gasteiger partial charge in [0, 0.05) is 12.4 Å². The molecule has 40 heavy (non-hydrogen) atoms. The van der Waals surface area contributed by atoms with Crippen LogP contribution in [-0.4, -0.2) is 44.2 Å². The first kappa shape index (κ1) is 31.5. The summed E-state index contributed by atoms with van der Waals surface area (Å²) in [5, 5.41) is 18.3. The fourth-order valence-electron chi connectivity index (χ4n) is 2.93. The molecule has 0 saturated carbocycles. The van der Waals surface area contributed by atoms with Gasteiger partial charge in [0.05, 0.1) is 28.4 Å². The lowest BCUT2D eigenvalue weighted by atomic mass is 9.97. The van der Waals surface area contributed by atoms with Crippen LogP contribution in [0.2, 0.25) is 0 Å². The zero-order valence-corrected chi connectivity index (χ0v) is 19.3. The molecule has 0 radical (unpaired) electrons. The number of pyridine rings is 2. The Morgan fingerprint density at radius 1 is 0.775 bits per heavy atom. The predicted octanol–water partition coefficient (Wildman–Crippen LogP) is 5.37. The highest BCUT2D eigenvalue weighted by Crippen LogP contribution is 2.36. The van der Waals surface area contributed by atoms with Crippen LogP contribution in [-0.2, 0) is 17.1 Å². The second kappa shape index (κ2) is 12.0. The summed E-state index contributed by atoms with van der Waals surface area (Å²) >= 11 is 0. The lowest BCUT2D eigenvalue weighted by molar-refractivity contribution is -0.192. The molecule has 0 aliphatic carbocycles. The Balaban J connectivity index is 0.000000708. The quantitative estimate of drug-likeness (QED) is 0.345. The predicted molar refractivity (Wildman–Crippen MR) is 115 cm³/mol. The smallest absolute Gasteiger partial charge is 0.477 e. The largest absolute Gasteiger partial charge is 0.490 e. The average Bonchev–Trinajstić information content (AvgIpc) is 2.86. The first-order valence-corrected chi connectivity index (χ1v) is 10.3. The number of hydrogen-bond donors (Lipinski definition) is 3. The van der Waals surface area contributed by atoms with Crippen LogP contribution >= 0.6 is 0 Å². The molecule has 0 spiro atoms. The summed E-state index contributed by atoms with van der Waals surface area (Å²) in [5.74, 6) is -5.05. The van der Waals surface area contributed by atoms with Gasteiger partial charge in [-0.25, -0.2) is 14.6 Å². The number of carboxylic acid groups (broad SMARTS) is 2. The van der Waals surface area contributed by atoms with Crippen LogP contribution in [0.15, 0.2) is 60.9 Å². The number of nitrogens with one attached hydrogen (secondary N) is 1. The SMILES string of the molecule is O=C(N[C@@H](c1ccc(C(F)(F)F)cc1)c1ncccc1C(F)(F)F)c1ccc(C(=O)O)nc1.O=C(O)C(F)(F)F. The van der Waals surface area contributed by atoms with E-state index in [1.807, 2.05) is 0 Å². The van der Waals surface area contributed by atoms with Crippen molar-refractivity contribution < 1.29 is 64.1 Å². The van der Waals surface area contributed by atoms with Crippen molar-refractivity contribution in [3.05, 3.63) is 94.6 Å². The molecule has 0 aliphatic heterocycles. The highest BCUT2D eigenvalue weighted by atomic mass is 19.4. The first-order valence-electron chi connectivity index (χ1n) is 10.3. The number of carboxylic acids is 2. The minimum Gasteiger partial charge on any atom is -0.477 e. The molecule has 0 saturated heterocycles. The van der Waals surface area contributed by atoms with Crippen LogP contribution < -0.4 is 5.32 Å². The molecule has 214 valence electrons.